The minimum atomic E-state index is 0.487. The normalized spacial score (nSPS) is 12.9. The third-order valence-corrected chi connectivity index (χ3v) is 1.72. The van der Waals surface area contributed by atoms with Crippen LogP contribution in [0.2, 0.25) is 6.32 Å². The zero-order chi connectivity index (χ0) is 7.40. The fourth-order valence-electron chi connectivity index (χ4n) is 0.918. The van der Waals surface area contributed by atoms with Crippen molar-refractivity contribution in [3.63, 3.8) is 0 Å². The van der Waals surface area contributed by atoms with Crippen molar-refractivity contribution >= 4 is 7.85 Å². The molecule has 0 aliphatic heterocycles. The number of rotatable bonds is 2. The maximum atomic E-state index is 5.50. The molecule has 0 saturated carbocycles. The lowest BCUT2D eigenvalue weighted by Gasteiger charge is -2.06. The molecular formula is C9H11B. The molecule has 1 heteroatoms. The predicted molar refractivity (Wildman–Crippen MR) is 45.4 cm³/mol. The fourth-order valence-corrected chi connectivity index (χ4v) is 0.918. The molecule has 0 aromatic heterocycles. The van der Waals surface area contributed by atoms with E-state index < -0.39 is 0 Å². The molecule has 1 atom stereocenters. The second kappa shape index (κ2) is 3.45. The summed E-state index contributed by atoms with van der Waals surface area (Å²) >= 11 is 0. The standard InChI is InChI=1S/C9H11B/c1-8(7-10)9-5-3-2-4-6-9/h2-6,8H,7H2,1H3/t8-/m0/s1. The van der Waals surface area contributed by atoms with Gasteiger partial charge < -0.3 is 0 Å². The molecule has 0 fully saturated rings. The summed E-state index contributed by atoms with van der Waals surface area (Å²) < 4.78 is 0. The third-order valence-electron chi connectivity index (χ3n) is 1.72. The minimum Gasteiger partial charge on any atom is -0.0822 e. The van der Waals surface area contributed by atoms with Gasteiger partial charge in [-0.15, -0.1) is 0 Å². The van der Waals surface area contributed by atoms with Crippen LogP contribution in [0.5, 0.6) is 0 Å². The summed E-state index contributed by atoms with van der Waals surface area (Å²) in [7, 11) is 5.50. The van der Waals surface area contributed by atoms with Gasteiger partial charge in [0.15, 0.2) is 0 Å². The summed E-state index contributed by atoms with van der Waals surface area (Å²) in [6.07, 6.45) is 0.726. The summed E-state index contributed by atoms with van der Waals surface area (Å²) in [5.41, 5.74) is 1.32. The lowest BCUT2D eigenvalue weighted by Crippen LogP contribution is -1.90. The molecule has 0 unspecified atom stereocenters. The molecule has 0 heterocycles. The quantitative estimate of drug-likeness (QED) is 0.539. The van der Waals surface area contributed by atoms with Crippen molar-refractivity contribution < 1.29 is 0 Å². The van der Waals surface area contributed by atoms with Crippen molar-refractivity contribution in [1.82, 2.24) is 0 Å². The van der Waals surface area contributed by atoms with E-state index in [4.69, 9.17) is 7.85 Å². The largest absolute Gasteiger partial charge is 0.0822 e. The zero-order valence-corrected chi connectivity index (χ0v) is 6.25. The monoisotopic (exact) mass is 130 g/mol. The van der Waals surface area contributed by atoms with Crippen LogP contribution in [0, 0.1) is 0 Å². The van der Waals surface area contributed by atoms with E-state index in [1.807, 2.05) is 18.2 Å². The van der Waals surface area contributed by atoms with Gasteiger partial charge >= 0.3 is 0 Å². The lowest BCUT2D eigenvalue weighted by molar-refractivity contribution is 0.864. The van der Waals surface area contributed by atoms with Crippen LogP contribution in [0.4, 0.5) is 0 Å². The Bertz CT molecular complexity index is 181. The van der Waals surface area contributed by atoms with Crippen molar-refractivity contribution in [2.45, 2.75) is 19.2 Å². The van der Waals surface area contributed by atoms with Crippen LogP contribution < -0.4 is 0 Å². The maximum Gasteiger partial charge on any atom is 0.0661 e. The fraction of sp³-hybridized carbons (Fsp3) is 0.333. The van der Waals surface area contributed by atoms with E-state index in [1.165, 1.54) is 5.56 Å². The van der Waals surface area contributed by atoms with Crippen molar-refractivity contribution in [3.8, 4) is 0 Å². The molecule has 0 aliphatic rings. The van der Waals surface area contributed by atoms with Crippen molar-refractivity contribution in [2.24, 2.45) is 0 Å². The molecule has 0 saturated heterocycles. The van der Waals surface area contributed by atoms with Gasteiger partial charge in [-0.2, -0.15) is 0 Å². The average molecular weight is 130 g/mol. The number of benzene rings is 1. The van der Waals surface area contributed by atoms with Crippen LogP contribution in [0.3, 0.4) is 0 Å². The molecule has 0 aliphatic carbocycles. The molecule has 0 N–H and O–H groups in total. The molecule has 10 heavy (non-hydrogen) atoms. The Morgan fingerprint density at radius 3 is 2.40 bits per heavy atom. The SMILES string of the molecule is [B]C[C@H](C)c1ccccc1. The minimum absolute atomic E-state index is 0.487. The van der Waals surface area contributed by atoms with E-state index in [0.717, 1.165) is 6.32 Å². The van der Waals surface area contributed by atoms with Gasteiger partial charge in [-0.25, -0.2) is 0 Å². The van der Waals surface area contributed by atoms with Crippen molar-refractivity contribution in [1.29, 1.82) is 0 Å². The van der Waals surface area contributed by atoms with Gasteiger partial charge in [0.2, 0.25) is 0 Å². The Labute approximate surface area is 63.7 Å². The van der Waals surface area contributed by atoms with E-state index >= 15 is 0 Å². The highest BCUT2D eigenvalue weighted by atomic mass is 14.0. The smallest absolute Gasteiger partial charge is 0.0661 e. The molecule has 0 spiro atoms. The van der Waals surface area contributed by atoms with Gasteiger partial charge in [-0.1, -0.05) is 43.6 Å². The van der Waals surface area contributed by atoms with Crippen molar-refractivity contribution in [3.05, 3.63) is 35.9 Å². The number of hydrogen-bond donors (Lipinski definition) is 0. The Morgan fingerprint density at radius 2 is 1.90 bits per heavy atom. The van der Waals surface area contributed by atoms with E-state index in [0.29, 0.717) is 5.92 Å². The first-order valence-corrected chi connectivity index (χ1v) is 3.59. The molecule has 0 amide bonds. The lowest BCUT2D eigenvalue weighted by atomic mass is 9.87. The molecule has 0 bridgehead atoms. The zero-order valence-electron chi connectivity index (χ0n) is 6.25. The summed E-state index contributed by atoms with van der Waals surface area (Å²) in [5, 5.41) is 0. The van der Waals surface area contributed by atoms with Crippen LogP contribution in [0.15, 0.2) is 30.3 Å². The molecule has 0 nitrogen and oxygen atoms in total. The molecule has 50 valence electrons. The highest BCUT2D eigenvalue weighted by molar-refractivity contribution is 6.09. The average Bonchev–Trinajstić information content (AvgIpc) is 2.05. The Kier molecular flexibility index (Phi) is 2.55. The Balaban J connectivity index is 2.75. The van der Waals surface area contributed by atoms with E-state index in [1.54, 1.807) is 0 Å². The van der Waals surface area contributed by atoms with Gasteiger partial charge in [0, 0.05) is 0 Å². The molecule has 1 rings (SSSR count). The predicted octanol–water partition coefficient (Wildman–Crippen LogP) is 2.38. The van der Waals surface area contributed by atoms with E-state index in [9.17, 15) is 0 Å². The first kappa shape index (κ1) is 7.39. The Hall–Kier alpha value is -0.715. The topological polar surface area (TPSA) is 0 Å². The molecule has 1 aromatic carbocycles. The first-order chi connectivity index (χ1) is 4.84. The van der Waals surface area contributed by atoms with E-state index in [-0.39, 0.29) is 0 Å². The highest BCUT2D eigenvalue weighted by Gasteiger charge is 1.98. The first-order valence-electron chi connectivity index (χ1n) is 3.59. The summed E-state index contributed by atoms with van der Waals surface area (Å²) in [4.78, 5) is 0. The van der Waals surface area contributed by atoms with Gasteiger partial charge in [0.25, 0.3) is 0 Å². The molecular weight excluding hydrogens is 119 g/mol. The summed E-state index contributed by atoms with van der Waals surface area (Å²) in [5.74, 6) is 0.487. The molecule has 2 radical (unpaired) electrons. The van der Waals surface area contributed by atoms with Gasteiger partial charge in [0.1, 0.15) is 0 Å². The van der Waals surface area contributed by atoms with Gasteiger partial charge in [-0.05, 0) is 11.5 Å². The third kappa shape index (κ3) is 1.63. The summed E-state index contributed by atoms with van der Waals surface area (Å²) in [6, 6.07) is 10.3. The van der Waals surface area contributed by atoms with Gasteiger partial charge in [-0.3, -0.25) is 0 Å². The maximum absolute atomic E-state index is 5.50. The van der Waals surface area contributed by atoms with Crippen LogP contribution in [0.1, 0.15) is 18.4 Å². The highest BCUT2D eigenvalue weighted by Crippen LogP contribution is 2.16. The Morgan fingerprint density at radius 1 is 1.30 bits per heavy atom. The number of hydrogen-bond acceptors (Lipinski definition) is 0. The van der Waals surface area contributed by atoms with Crippen LogP contribution in [0.25, 0.3) is 0 Å². The van der Waals surface area contributed by atoms with Crippen LogP contribution in [-0.4, -0.2) is 7.85 Å². The second-order valence-electron chi connectivity index (χ2n) is 2.55. The van der Waals surface area contributed by atoms with E-state index in [2.05, 4.69) is 19.1 Å². The van der Waals surface area contributed by atoms with Gasteiger partial charge in [0.05, 0.1) is 7.85 Å². The second-order valence-corrected chi connectivity index (χ2v) is 2.55. The van der Waals surface area contributed by atoms with Crippen LogP contribution >= 0.6 is 0 Å². The molecule has 1 aromatic rings. The van der Waals surface area contributed by atoms with Crippen molar-refractivity contribution in [2.75, 3.05) is 0 Å². The summed E-state index contributed by atoms with van der Waals surface area (Å²) in [6.45, 7) is 2.13. The van der Waals surface area contributed by atoms with Crippen LogP contribution in [-0.2, 0) is 0 Å².